The standard InChI is InChI=1S/C23H23F2N5O/c1-15-8-9-30(13-16-6-4-3-5-7-16)14-17(15)21-10-20(28-29(21)2)23(31)27-22-18(24)11-26-12-19(22)25/h3-7,10-12H,8-9,13-14H2,1-2H3,(H,26,27,31). The lowest BCUT2D eigenvalue weighted by molar-refractivity contribution is 0.102. The van der Waals surface area contributed by atoms with Gasteiger partial charge in [-0.2, -0.15) is 5.10 Å². The maximum atomic E-state index is 13.8. The van der Waals surface area contributed by atoms with Crippen molar-refractivity contribution in [3.8, 4) is 0 Å². The summed E-state index contributed by atoms with van der Waals surface area (Å²) in [7, 11) is 1.76. The van der Waals surface area contributed by atoms with Crippen molar-refractivity contribution >= 4 is 17.2 Å². The third-order valence-electron chi connectivity index (χ3n) is 5.46. The van der Waals surface area contributed by atoms with E-state index in [0.29, 0.717) is 0 Å². The summed E-state index contributed by atoms with van der Waals surface area (Å²) in [5.41, 5.74) is 3.97. The van der Waals surface area contributed by atoms with Crippen molar-refractivity contribution in [3.05, 3.63) is 83.0 Å². The summed E-state index contributed by atoms with van der Waals surface area (Å²) in [6.45, 7) is 4.61. The first-order valence-electron chi connectivity index (χ1n) is 10.0. The number of amides is 1. The molecule has 0 spiro atoms. The molecular formula is C23H23F2N5O. The zero-order valence-electron chi connectivity index (χ0n) is 17.4. The van der Waals surface area contributed by atoms with Crippen molar-refractivity contribution in [2.75, 3.05) is 18.4 Å². The Kier molecular flexibility index (Phi) is 5.90. The van der Waals surface area contributed by atoms with Gasteiger partial charge in [0, 0.05) is 26.7 Å². The number of pyridine rings is 1. The van der Waals surface area contributed by atoms with Crippen LogP contribution in [0.1, 0.15) is 35.1 Å². The molecule has 1 N–H and O–H groups in total. The molecule has 0 aliphatic carbocycles. The van der Waals surface area contributed by atoms with Gasteiger partial charge in [0.25, 0.3) is 5.91 Å². The van der Waals surface area contributed by atoms with Crippen LogP contribution in [-0.2, 0) is 13.6 Å². The second-order valence-corrected chi connectivity index (χ2v) is 7.68. The molecule has 1 aromatic carbocycles. The van der Waals surface area contributed by atoms with Gasteiger partial charge in [-0.05, 0) is 30.5 Å². The van der Waals surface area contributed by atoms with Crippen LogP contribution in [0.15, 0.2) is 54.4 Å². The molecule has 2 aromatic heterocycles. The molecule has 1 amide bonds. The van der Waals surface area contributed by atoms with E-state index in [-0.39, 0.29) is 5.69 Å². The number of hydrogen-bond donors (Lipinski definition) is 1. The maximum absolute atomic E-state index is 13.8. The molecular weight excluding hydrogens is 400 g/mol. The lowest BCUT2D eigenvalue weighted by Gasteiger charge is -2.30. The highest BCUT2D eigenvalue weighted by molar-refractivity contribution is 6.03. The summed E-state index contributed by atoms with van der Waals surface area (Å²) >= 11 is 0. The van der Waals surface area contributed by atoms with Crippen molar-refractivity contribution < 1.29 is 13.6 Å². The number of nitrogens with one attached hydrogen (secondary N) is 1. The Bertz CT molecular complexity index is 1120. The molecule has 0 atom stereocenters. The fourth-order valence-corrected chi connectivity index (χ4v) is 3.76. The zero-order chi connectivity index (χ0) is 22.0. The first-order valence-corrected chi connectivity index (χ1v) is 10.0. The van der Waals surface area contributed by atoms with Gasteiger partial charge in [0.2, 0.25) is 0 Å². The molecule has 0 bridgehead atoms. The number of aromatic nitrogens is 3. The predicted molar refractivity (Wildman–Crippen MR) is 114 cm³/mol. The van der Waals surface area contributed by atoms with E-state index in [4.69, 9.17) is 0 Å². The summed E-state index contributed by atoms with van der Waals surface area (Å²) in [5.74, 6) is -2.56. The second kappa shape index (κ2) is 8.77. The zero-order valence-corrected chi connectivity index (χ0v) is 17.4. The van der Waals surface area contributed by atoms with Gasteiger partial charge in [0.05, 0.1) is 18.1 Å². The number of anilines is 1. The van der Waals surface area contributed by atoms with Crippen LogP contribution in [0.3, 0.4) is 0 Å². The van der Waals surface area contributed by atoms with Gasteiger partial charge in [-0.1, -0.05) is 35.9 Å². The second-order valence-electron chi connectivity index (χ2n) is 7.68. The average Bonchev–Trinajstić information content (AvgIpc) is 3.14. The van der Waals surface area contributed by atoms with Crippen LogP contribution in [0.25, 0.3) is 5.57 Å². The lowest BCUT2D eigenvalue weighted by atomic mass is 9.98. The number of carbonyl (C=O) groups excluding carboxylic acids is 1. The molecule has 3 heterocycles. The number of halogens is 2. The fourth-order valence-electron chi connectivity index (χ4n) is 3.76. The van der Waals surface area contributed by atoms with Crippen LogP contribution < -0.4 is 5.32 Å². The van der Waals surface area contributed by atoms with Crippen molar-refractivity contribution in [1.29, 1.82) is 0 Å². The van der Waals surface area contributed by atoms with E-state index < -0.39 is 23.2 Å². The quantitative estimate of drug-likeness (QED) is 0.673. The van der Waals surface area contributed by atoms with E-state index in [1.54, 1.807) is 17.8 Å². The molecule has 0 saturated carbocycles. The van der Waals surface area contributed by atoms with Gasteiger partial charge in [-0.15, -0.1) is 0 Å². The van der Waals surface area contributed by atoms with Gasteiger partial charge in [-0.3, -0.25) is 19.4 Å². The van der Waals surface area contributed by atoms with Gasteiger partial charge >= 0.3 is 0 Å². The third-order valence-corrected chi connectivity index (χ3v) is 5.46. The van der Waals surface area contributed by atoms with E-state index >= 15 is 0 Å². The van der Waals surface area contributed by atoms with E-state index in [1.165, 1.54) is 11.1 Å². The molecule has 8 heteroatoms. The number of nitrogens with zero attached hydrogens (tertiary/aromatic N) is 4. The first kappa shape index (κ1) is 20.9. The normalized spacial score (nSPS) is 14.7. The Morgan fingerprint density at radius 2 is 1.87 bits per heavy atom. The number of rotatable bonds is 5. The molecule has 0 unspecified atom stereocenters. The predicted octanol–water partition coefficient (Wildman–Crippen LogP) is 4.03. The average molecular weight is 423 g/mol. The SMILES string of the molecule is CC1=C(c2cc(C(=O)Nc3c(F)cncc3F)nn2C)CN(Cc2ccccc2)CC1. The molecule has 3 aromatic rings. The highest BCUT2D eigenvalue weighted by atomic mass is 19.1. The Labute approximate surface area is 179 Å². The van der Waals surface area contributed by atoms with E-state index in [1.807, 2.05) is 18.2 Å². The molecule has 0 fully saturated rings. The first-order chi connectivity index (χ1) is 14.9. The Morgan fingerprint density at radius 1 is 1.16 bits per heavy atom. The smallest absolute Gasteiger partial charge is 0.276 e. The van der Waals surface area contributed by atoms with Crippen LogP contribution in [-0.4, -0.2) is 38.7 Å². The van der Waals surface area contributed by atoms with Crippen LogP contribution >= 0.6 is 0 Å². The van der Waals surface area contributed by atoms with Crippen LogP contribution in [0, 0.1) is 11.6 Å². The minimum atomic E-state index is -0.938. The van der Waals surface area contributed by atoms with E-state index in [2.05, 4.69) is 39.4 Å². The van der Waals surface area contributed by atoms with Crippen molar-refractivity contribution in [2.24, 2.45) is 7.05 Å². The molecule has 0 radical (unpaired) electrons. The Balaban J connectivity index is 1.54. The topological polar surface area (TPSA) is 63.1 Å². The molecule has 0 saturated heterocycles. The summed E-state index contributed by atoms with van der Waals surface area (Å²) in [6, 6.07) is 11.9. The minimum Gasteiger partial charge on any atom is -0.316 e. The van der Waals surface area contributed by atoms with Crippen molar-refractivity contribution in [3.63, 3.8) is 0 Å². The van der Waals surface area contributed by atoms with Gasteiger partial charge in [-0.25, -0.2) is 8.78 Å². The number of hydrogen-bond acceptors (Lipinski definition) is 4. The van der Waals surface area contributed by atoms with Gasteiger partial charge < -0.3 is 5.32 Å². The van der Waals surface area contributed by atoms with Gasteiger partial charge in [0.15, 0.2) is 17.3 Å². The highest BCUT2D eigenvalue weighted by Crippen LogP contribution is 2.28. The molecule has 6 nitrogen and oxygen atoms in total. The lowest BCUT2D eigenvalue weighted by Crippen LogP contribution is -2.31. The van der Waals surface area contributed by atoms with Gasteiger partial charge in [0.1, 0.15) is 5.69 Å². The Hall–Kier alpha value is -3.39. The van der Waals surface area contributed by atoms with Crippen LogP contribution in [0.4, 0.5) is 14.5 Å². The monoisotopic (exact) mass is 423 g/mol. The van der Waals surface area contributed by atoms with Crippen LogP contribution in [0.5, 0.6) is 0 Å². The fraction of sp³-hybridized carbons (Fsp3) is 0.261. The molecule has 4 rings (SSSR count). The summed E-state index contributed by atoms with van der Waals surface area (Å²) in [4.78, 5) is 18.4. The maximum Gasteiger partial charge on any atom is 0.276 e. The number of carbonyl (C=O) groups is 1. The van der Waals surface area contributed by atoms with E-state index in [0.717, 1.165) is 49.7 Å². The Morgan fingerprint density at radius 3 is 2.58 bits per heavy atom. The largest absolute Gasteiger partial charge is 0.316 e. The van der Waals surface area contributed by atoms with Crippen molar-refractivity contribution in [2.45, 2.75) is 19.9 Å². The minimum absolute atomic E-state index is 0.0913. The summed E-state index contributed by atoms with van der Waals surface area (Å²) in [5, 5.41) is 6.54. The summed E-state index contributed by atoms with van der Waals surface area (Å²) < 4.78 is 29.3. The molecule has 1 aliphatic rings. The number of aryl methyl sites for hydroxylation is 1. The van der Waals surface area contributed by atoms with Crippen LogP contribution in [0.2, 0.25) is 0 Å². The molecule has 160 valence electrons. The molecule has 31 heavy (non-hydrogen) atoms. The highest BCUT2D eigenvalue weighted by Gasteiger charge is 2.23. The third kappa shape index (κ3) is 4.54. The number of benzene rings is 1. The van der Waals surface area contributed by atoms with E-state index in [9.17, 15) is 13.6 Å². The molecule has 1 aliphatic heterocycles. The van der Waals surface area contributed by atoms with Crippen molar-refractivity contribution in [1.82, 2.24) is 19.7 Å². The summed E-state index contributed by atoms with van der Waals surface area (Å²) in [6.07, 6.45) is 2.61.